The number of amides is 1. The number of aryl methyl sites for hydroxylation is 1. The van der Waals surface area contributed by atoms with Gasteiger partial charge in [0.05, 0.1) is 18.7 Å². The van der Waals surface area contributed by atoms with E-state index in [1.807, 2.05) is 6.92 Å². The maximum Gasteiger partial charge on any atom is 0.274 e. The number of sulfone groups is 1. The number of hydrogen-bond acceptors (Lipinski definition) is 5. The van der Waals surface area contributed by atoms with Crippen molar-refractivity contribution in [3.63, 3.8) is 0 Å². The monoisotopic (exact) mass is 327 g/mol. The van der Waals surface area contributed by atoms with Crippen molar-refractivity contribution in [2.24, 2.45) is 5.92 Å². The zero-order valence-corrected chi connectivity index (χ0v) is 13.6. The van der Waals surface area contributed by atoms with Gasteiger partial charge in [-0.25, -0.2) is 13.4 Å². The van der Waals surface area contributed by atoms with Crippen LogP contribution in [0.1, 0.15) is 29.5 Å². The minimum Gasteiger partial charge on any atom is -0.381 e. The Morgan fingerprint density at radius 1 is 1.55 bits per heavy atom. The molecule has 0 radical (unpaired) electrons. The van der Waals surface area contributed by atoms with Gasteiger partial charge in [0.2, 0.25) is 0 Å². The lowest BCUT2D eigenvalue weighted by Crippen LogP contribution is -2.68. The zero-order valence-electron chi connectivity index (χ0n) is 12.8. The molecular weight excluding hydrogens is 306 g/mol. The molecule has 2 fully saturated rings. The number of nitrogens with zero attached hydrogens (tertiary/aromatic N) is 2. The summed E-state index contributed by atoms with van der Waals surface area (Å²) in [5, 5.41) is 0. The highest BCUT2D eigenvalue weighted by atomic mass is 32.2. The molecule has 1 N–H and O–H groups in total. The van der Waals surface area contributed by atoms with Crippen molar-refractivity contribution in [3.05, 3.63) is 17.7 Å². The summed E-state index contributed by atoms with van der Waals surface area (Å²) in [7, 11) is -3.18. The van der Waals surface area contributed by atoms with Crippen molar-refractivity contribution >= 4 is 15.7 Å². The summed E-state index contributed by atoms with van der Waals surface area (Å²) in [6.07, 6.45) is 2.09. The molecule has 2 aliphatic rings. The lowest BCUT2D eigenvalue weighted by molar-refractivity contribution is 0.0267. The second kappa shape index (κ2) is 5.34. The van der Waals surface area contributed by atoms with Gasteiger partial charge in [0.25, 0.3) is 5.91 Å². The van der Waals surface area contributed by atoms with Crippen LogP contribution in [0.25, 0.3) is 0 Å². The molecular formula is C14H21N3O4S. The highest BCUT2D eigenvalue weighted by molar-refractivity contribution is 7.93. The fourth-order valence-electron chi connectivity index (χ4n) is 3.44. The Balaban J connectivity index is 1.76. The molecule has 1 aromatic rings. The zero-order chi connectivity index (χ0) is 16.0. The quantitative estimate of drug-likeness (QED) is 0.863. The summed E-state index contributed by atoms with van der Waals surface area (Å²) in [5.41, 5.74) is 1.07. The number of carbonyl (C=O) groups is 1. The number of ether oxygens (including phenoxy) is 1. The molecule has 0 aliphatic carbocycles. The van der Waals surface area contributed by atoms with Crippen molar-refractivity contribution in [2.45, 2.75) is 25.0 Å². The van der Waals surface area contributed by atoms with E-state index in [-0.39, 0.29) is 30.7 Å². The number of aromatic amines is 1. The van der Waals surface area contributed by atoms with Crippen molar-refractivity contribution in [1.29, 1.82) is 0 Å². The van der Waals surface area contributed by atoms with E-state index in [1.54, 1.807) is 11.8 Å². The standard InChI is InChI=1S/C14H21N3O4S/c1-3-21-6-11-4-5-22(19,20)14(11)7-17(8-14)13(18)12-10(2)15-9-16-12/h9,11H,3-8H2,1-2H3,(H,15,16). The number of imidazole rings is 1. The van der Waals surface area contributed by atoms with Gasteiger partial charge >= 0.3 is 0 Å². The van der Waals surface area contributed by atoms with E-state index in [4.69, 9.17) is 4.74 Å². The largest absolute Gasteiger partial charge is 0.381 e. The number of H-pyrrole nitrogens is 1. The first-order chi connectivity index (χ1) is 10.4. The van der Waals surface area contributed by atoms with Crippen LogP contribution in [0, 0.1) is 12.8 Å². The first-order valence-electron chi connectivity index (χ1n) is 7.50. The first kappa shape index (κ1) is 15.5. The Hall–Kier alpha value is -1.41. The average Bonchev–Trinajstić information content (AvgIpc) is 2.95. The fourth-order valence-corrected chi connectivity index (χ4v) is 5.84. The molecule has 0 bridgehead atoms. The Kier molecular flexibility index (Phi) is 3.76. The molecule has 2 aliphatic heterocycles. The molecule has 1 aromatic heterocycles. The Morgan fingerprint density at radius 2 is 2.27 bits per heavy atom. The molecule has 1 unspecified atom stereocenters. The molecule has 0 aromatic carbocycles. The maximum absolute atomic E-state index is 12.4. The molecule has 3 rings (SSSR count). The van der Waals surface area contributed by atoms with Gasteiger partial charge in [0.15, 0.2) is 9.84 Å². The van der Waals surface area contributed by atoms with Crippen LogP contribution in [0.2, 0.25) is 0 Å². The number of rotatable bonds is 4. The minimum absolute atomic E-state index is 0.0261. The minimum atomic E-state index is -3.18. The van der Waals surface area contributed by atoms with Gasteiger partial charge in [0, 0.05) is 31.3 Å². The lowest BCUT2D eigenvalue weighted by atomic mass is 9.83. The second-order valence-corrected chi connectivity index (χ2v) is 8.52. The summed E-state index contributed by atoms with van der Waals surface area (Å²) in [6.45, 7) is 5.18. The van der Waals surface area contributed by atoms with Gasteiger partial charge in [-0.05, 0) is 20.3 Å². The van der Waals surface area contributed by atoms with Gasteiger partial charge in [-0.1, -0.05) is 0 Å². The molecule has 22 heavy (non-hydrogen) atoms. The van der Waals surface area contributed by atoms with Crippen LogP contribution in [-0.2, 0) is 14.6 Å². The molecule has 1 amide bonds. The third-order valence-corrected chi connectivity index (χ3v) is 7.46. The normalized spacial score (nSPS) is 25.4. The average molecular weight is 327 g/mol. The van der Waals surface area contributed by atoms with Crippen LogP contribution in [0.5, 0.6) is 0 Å². The summed E-state index contributed by atoms with van der Waals surface area (Å²) < 4.78 is 29.5. The Labute approximate surface area is 130 Å². The van der Waals surface area contributed by atoms with E-state index in [0.29, 0.717) is 31.0 Å². The maximum atomic E-state index is 12.4. The summed E-state index contributed by atoms with van der Waals surface area (Å²) >= 11 is 0. The molecule has 3 heterocycles. The van der Waals surface area contributed by atoms with Crippen LogP contribution in [0.3, 0.4) is 0 Å². The fraction of sp³-hybridized carbons (Fsp3) is 0.714. The number of aromatic nitrogens is 2. The van der Waals surface area contributed by atoms with E-state index >= 15 is 0 Å². The third kappa shape index (κ3) is 2.16. The third-order valence-electron chi connectivity index (χ3n) is 4.86. The molecule has 0 saturated carbocycles. The number of nitrogens with one attached hydrogen (secondary N) is 1. The van der Waals surface area contributed by atoms with Crippen molar-refractivity contribution < 1.29 is 17.9 Å². The highest BCUT2D eigenvalue weighted by Gasteiger charge is 2.62. The van der Waals surface area contributed by atoms with Crippen LogP contribution in [0.15, 0.2) is 6.33 Å². The van der Waals surface area contributed by atoms with Gasteiger partial charge in [-0.3, -0.25) is 4.79 Å². The predicted molar refractivity (Wildman–Crippen MR) is 80.3 cm³/mol. The van der Waals surface area contributed by atoms with E-state index < -0.39 is 14.6 Å². The second-order valence-electron chi connectivity index (χ2n) is 6.07. The number of hydrogen-bond donors (Lipinski definition) is 1. The van der Waals surface area contributed by atoms with Crippen LogP contribution in [-0.4, -0.2) is 66.0 Å². The van der Waals surface area contributed by atoms with Crippen molar-refractivity contribution in [1.82, 2.24) is 14.9 Å². The highest BCUT2D eigenvalue weighted by Crippen LogP contribution is 2.45. The molecule has 8 heteroatoms. The van der Waals surface area contributed by atoms with E-state index in [1.165, 1.54) is 6.33 Å². The van der Waals surface area contributed by atoms with Gasteiger partial charge in [0.1, 0.15) is 10.4 Å². The molecule has 1 atom stereocenters. The topological polar surface area (TPSA) is 92.4 Å². The number of likely N-dealkylation sites (tertiary alicyclic amines) is 1. The molecule has 2 saturated heterocycles. The first-order valence-corrected chi connectivity index (χ1v) is 9.16. The molecule has 7 nitrogen and oxygen atoms in total. The van der Waals surface area contributed by atoms with E-state index in [0.717, 1.165) is 0 Å². The van der Waals surface area contributed by atoms with E-state index in [2.05, 4.69) is 9.97 Å². The Bertz CT molecular complexity index is 676. The van der Waals surface area contributed by atoms with Gasteiger partial charge < -0.3 is 14.6 Å². The van der Waals surface area contributed by atoms with Gasteiger partial charge in [-0.2, -0.15) is 0 Å². The summed E-state index contributed by atoms with van der Waals surface area (Å²) in [4.78, 5) is 20.9. The summed E-state index contributed by atoms with van der Waals surface area (Å²) in [5.74, 6) is -0.0443. The predicted octanol–water partition coefficient (Wildman–Crippen LogP) is 0.384. The van der Waals surface area contributed by atoms with Crippen LogP contribution < -0.4 is 0 Å². The summed E-state index contributed by atoms with van der Waals surface area (Å²) in [6, 6.07) is 0. The smallest absolute Gasteiger partial charge is 0.274 e. The van der Waals surface area contributed by atoms with E-state index in [9.17, 15) is 13.2 Å². The molecule has 122 valence electrons. The SMILES string of the molecule is CCOCC1CCS(=O)(=O)C12CN(C(=O)c1nc[nH]c1C)C2. The van der Waals surface area contributed by atoms with Gasteiger partial charge in [-0.15, -0.1) is 0 Å². The van der Waals surface area contributed by atoms with Crippen LogP contribution in [0.4, 0.5) is 0 Å². The van der Waals surface area contributed by atoms with Crippen LogP contribution >= 0.6 is 0 Å². The number of carbonyl (C=O) groups excluding carboxylic acids is 1. The van der Waals surface area contributed by atoms with Crippen molar-refractivity contribution in [3.8, 4) is 0 Å². The lowest BCUT2D eigenvalue weighted by Gasteiger charge is -2.49. The Morgan fingerprint density at radius 3 is 2.86 bits per heavy atom. The van der Waals surface area contributed by atoms with Crippen molar-refractivity contribution in [2.75, 3.05) is 32.1 Å². The molecule has 1 spiro atoms.